The smallest absolute Gasteiger partial charge is 0.233 e. The third-order valence-corrected chi connectivity index (χ3v) is 3.93. The van der Waals surface area contributed by atoms with Crippen LogP contribution in [0.1, 0.15) is 45.2 Å². The van der Waals surface area contributed by atoms with Crippen LogP contribution in [-0.2, 0) is 4.79 Å². The van der Waals surface area contributed by atoms with Gasteiger partial charge in [-0.1, -0.05) is 38.5 Å². The van der Waals surface area contributed by atoms with E-state index in [1.54, 1.807) is 6.07 Å². The van der Waals surface area contributed by atoms with Gasteiger partial charge in [0.05, 0.1) is 5.75 Å². The van der Waals surface area contributed by atoms with Crippen LogP contribution in [0.25, 0.3) is 0 Å². The molecule has 0 atom stereocenters. The molecule has 2 N–H and O–H groups in total. The lowest BCUT2D eigenvalue weighted by Gasteiger charge is -2.22. The van der Waals surface area contributed by atoms with Gasteiger partial charge in [0, 0.05) is 24.8 Å². The van der Waals surface area contributed by atoms with Crippen LogP contribution >= 0.6 is 11.8 Å². The molecule has 0 saturated carbocycles. The maximum absolute atomic E-state index is 12.3. The molecule has 6 heteroatoms. The molecule has 1 amide bonds. The average molecular weight is 310 g/mol. The van der Waals surface area contributed by atoms with E-state index in [0.717, 1.165) is 44.5 Å². The molecule has 5 nitrogen and oxygen atoms in total. The zero-order chi connectivity index (χ0) is 15.7. The minimum Gasteiger partial charge on any atom is -0.384 e. The van der Waals surface area contributed by atoms with E-state index >= 15 is 0 Å². The molecule has 0 aliphatic carbocycles. The first-order valence-electron chi connectivity index (χ1n) is 7.58. The van der Waals surface area contributed by atoms with E-state index in [1.165, 1.54) is 11.8 Å². The molecule has 1 heterocycles. The minimum atomic E-state index is 0.158. The minimum absolute atomic E-state index is 0.158. The molecule has 0 unspecified atom stereocenters. The number of aryl methyl sites for hydroxylation is 1. The number of thioether (sulfide) groups is 1. The fourth-order valence-electron chi connectivity index (χ4n) is 1.91. The van der Waals surface area contributed by atoms with Gasteiger partial charge in [0.25, 0.3) is 0 Å². The summed E-state index contributed by atoms with van der Waals surface area (Å²) in [7, 11) is 0. The highest BCUT2D eigenvalue weighted by Gasteiger charge is 2.14. The Labute approximate surface area is 131 Å². The molecule has 0 aromatic carbocycles. The fourth-order valence-corrected chi connectivity index (χ4v) is 2.72. The van der Waals surface area contributed by atoms with E-state index in [-0.39, 0.29) is 5.91 Å². The molecular formula is C15H26N4OS. The van der Waals surface area contributed by atoms with Crippen LogP contribution in [0, 0.1) is 6.92 Å². The first-order chi connectivity index (χ1) is 10.1. The summed E-state index contributed by atoms with van der Waals surface area (Å²) in [5.41, 5.74) is 6.52. The number of nitrogens with zero attached hydrogens (tertiary/aromatic N) is 3. The van der Waals surface area contributed by atoms with Gasteiger partial charge in [-0.05, 0) is 19.8 Å². The van der Waals surface area contributed by atoms with Gasteiger partial charge < -0.3 is 10.6 Å². The Morgan fingerprint density at radius 3 is 2.38 bits per heavy atom. The standard InChI is InChI=1S/C15H26N4OS/c1-4-6-8-19(9-7-5-2)14(20)11-21-15-17-12(3)10-13(16)18-15/h10H,4-9,11H2,1-3H3,(H2,16,17,18). The average Bonchev–Trinajstić information content (AvgIpc) is 2.44. The van der Waals surface area contributed by atoms with E-state index in [0.29, 0.717) is 16.7 Å². The summed E-state index contributed by atoms with van der Waals surface area (Å²) < 4.78 is 0. The van der Waals surface area contributed by atoms with Gasteiger partial charge in [-0.15, -0.1) is 0 Å². The molecular weight excluding hydrogens is 284 g/mol. The Morgan fingerprint density at radius 2 is 1.86 bits per heavy atom. The van der Waals surface area contributed by atoms with Crippen molar-refractivity contribution >= 4 is 23.5 Å². The van der Waals surface area contributed by atoms with Gasteiger partial charge in [-0.3, -0.25) is 4.79 Å². The highest BCUT2D eigenvalue weighted by molar-refractivity contribution is 7.99. The molecule has 1 aromatic heterocycles. The number of nitrogens with two attached hydrogens (primary N) is 1. The number of nitrogen functional groups attached to an aromatic ring is 1. The Hall–Kier alpha value is -1.30. The van der Waals surface area contributed by atoms with Crippen molar-refractivity contribution in [3.63, 3.8) is 0 Å². The van der Waals surface area contributed by atoms with Crippen molar-refractivity contribution in [3.8, 4) is 0 Å². The first kappa shape index (κ1) is 17.8. The molecule has 0 radical (unpaired) electrons. The number of carbonyl (C=O) groups is 1. The van der Waals surface area contributed by atoms with Gasteiger partial charge in [-0.2, -0.15) is 0 Å². The molecule has 0 saturated heterocycles. The van der Waals surface area contributed by atoms with E-state index in [9.17, 15) is 4.79 Å². The predicted molar refractivity (Wildman–Crippen MR) is 88.3 cm³/mol. The maximum atomic E-state index is 12.3. The van der Waals surface area contributed by atoms with Crippen LogP contribution in [0.2, 0.25) is 0 Å². The number of hydrogen-bond acceptors (Lipinski definition) is 5. The van der Waals surface area contributed by atoms with Crippen molar-refractivity contribution in [2.45, 2.75) is 51.6 Å². The van der Waals surface area contributed by atoms with Crippen molar-refractivity contribution in [1.82, 2.24) is 14.9 Å². The van der Waals surface area contributed by atoms with Crippen molar-refractivity contribution < 1.29 is 4.79 Å². The lowest BCUT2D eigenvalue weighted by atomic mass is 10.2. The Bertz CT molecular complexity index is 425. The zero-order valence-electron chi connectivity index (χ0n) is 13.3. The highest BCUT2D eigenvalue weighted by Crippen LogP contribution is 2.16. The number of aromatic nitrogens is 2. The third-order valence-electron chi connectivity index (χ3n) is 3.09. The van der Waals surface area contributed by atoms with E-state index in [2.05, 4.69) is 23.8 Å². The van der Waals surface area contributed by atoms with Gasteiger partial charge in [-0.25, -0.2) is 9.97 Å². The number of anilines is 1. The number of unbranched alkanes of at least 4 members (excludes halogenated alkanes) is 2. The Kier molecular flexibility index (Phi) is 8.12. The quantitative estimate of drug-likeness (QED) is 0.561. The summed E-state index contributed by atoms with van der Waals surface area (Å²) in [5.74, 6) is 0.980. The second-order valence-electron chi connectivity index (χ2n) is 5.09. The normalized spacial score (nSPS) is 10.6. The zero-order valence-corrected chi connectivity index (χ0v) is 14.1. The molecule has 0 bridgehead atoms. The monoisotopic (exact) mass is 310 g/mol. The molecule has 0 spiro atoms. The largest absolute Gasteiger partial charge is 0.384 e. The van der Waals surface area contributed by atoms with Crippen LogP contribution in [-0.4, -0.2) is 39.6 Å². The van der Waals surface area contributed by atoms with Crippen molar-refractivity contribution in [2.75, 3.05) is 24.6 Å². The van der Waals surface area contributed by atoms with Crippen LogP contribution in [0.15, 0.2) is 11.2 Å². The van der Waals surface area contributed by atoms with E-state index in [1.807, 2.05) is 11.8 Å². The van der Waals surface area contributed by atoms with Gasteiger partial charge in [0.2, 0.25) is 5.91 Å². The van der Waals surface area contributed by atoms with Gasteiger partial charge >= 0.3 is 0 Å². The highest BCUT2D eigenvalue weighted by atomic mass is 32.2. The van der Waals surface area contributed by atoms with Crippen molar-refractivity contribution in [1.29, 1.82) is 0 Å². The molecule has 0 aliphatic rings. The van der Waals surface area contributed by atoms with Crippen LogP contribution in [0.3, 0.4) is 0 Å². The van der Waals surface area contributed by atoms with Crippen LogP contribution < -0.4 is 5.73 Å². The predicted octanol–water partition coefficient (Wildman–Crippen LogP) is 2.89. The summed E-state index contributed by atoms with van der Waals surface area (Å²) in [6.45, 7) is 7.83. The Morgan fingerprint density at radius 1 is 1.24 bits per heavy atom. The molecule has 0 aliphatic heterocycles. The van der Waals surface area contributed by atoms with Crippen LogP contribution in [0.4, 0.5) is 5.82 Å². The summed E-state index contributed by atoms with van der Waals surface area (Å²) in [5, 5.41) is 0.576. The SMILES string of the molecule is CCCCN(CCCC)C(=O)CSc1nc(C)cc(N)n1. The molecule has 21 heavy (non-hydrogen) atoms. The maximum Gasteiger partial charge on any atom is 0.233 e. The second-order valence-corrected chi connectivity index (χ2v) is 6.04. The number of carbonyl (C=O) groups excluding carboxylic acids is 1. The molecule has 0 fully saturated rings. The van der Waals surface area contributed by atoms with Crippen LogP contribution in [0.5, 0.6) is 0 Å². The summed E-state index contributed by atoms with van der Waals surface area (Å²) in [6, 6.07) is 1.72. The van der Waals surface area contributed by atoms with Crippen molar-refractivity contribution in [3.05, 3.63) is 11.8 Å². The first-order valence-corrected chi connectivity index (χ1v) is 8.57. The fraction of sp³-hybridized carbons (Fsp3) is 0.667. The second kappa shape index (κ2) is 9.60. The Balaban J connectivity index is 2.55. The summed E-state index contributed by atoms with van der Waals surface area (Å²) in [4.78, 5) is 22.7. The molecule has 1 rings (SSSR count). The van der Waals surface area contributed by atoms with Gasteiger partial charge in [0.1, 0.15) is 5.82 Å². The summed E-state index contributed by atoms with van der Waals surface area (Å²) >= 11 is 1.36. The van der Waals surface area contributed by atoms with Crippen molar-refractivity contribution in [2.24, 2.45) is 0 Å². The summed E-state index contributed by atoms with van der Waals surface area (Å²) in [6.07, 6.45) is 4.29. The van der Waals surface area contributed by atoms with Gasteiger partial charge in [0.15, 0.2) is 5.16 Å². The lowest BCUT2D eigenvalue weighted by molar-refractivity contribution is -0.128. The third kappa shape index (κ3) is 6.80. The number of rotatable bonds is 9. The molecule has 1 aromatic rings. The molecule has 118 valence electrons. The number of amides is 1. The topological polar surface area (TPSA) is 72.1 Å². The lowest BCUT2D eigenvalue weighted by Crippen LogP contribution is -2.34. The number of hydrogen-bond donors (Lipinski definition) is 1. The van der Waals surface area contributed by atoms with E-state index in [4.69, 9.17) is 5.73 Å². The van der Waals surface area contributed by atoms with E-state index < -0.39 is 0 Å².